The molecule has 1 atom stereocenters. The molecule has 130 valence electrons. The van der Waals surface area contributed by atoms with Crippen LogP contribution in [-0.2, 0) is 17.8 Å². The van der Waals surface area contributed by atoms with Crippen molar-refractivity contribution in [2.24, 2.45) is 0 Å². The molecule has 0 aliphatic carbocycles. The van der Waals surface area contributed by atoms with Crippen LogP contribution in [0, 0.1) is 0 Å². The average molecular weight is 359 g/mol. The summed E-state index contributed by atoms with van der Waals surface area (Å²) in [5, 5.41) is 3.41. The molecule has 0 aliphatic rings. The number of halogens is 1. The molecule has 3 rings (SSSR count). The first kappa shape index (κ1) is 17.3. The van der Waals surface area contributed by atoms with Crippen LogP contribution < -0.4 is 11.1 Å². The molecule has 5 nitrogen and oxygen atoms in total. The molecule has 0 radical (unpaired) electrons. The number of fused-ring (bicyclic) bond motifs is 1. The number of benzene rings is 2. The van der Waals surface area contributed by atoms with Gasteiger partial charge in [0.15, 0.2) is 5.58 Å². The lowest BCUT2D eigenvalue weighted by molar-refractivity contribution is -0.122. The van der Waals surface area contributed by atoms with Crippen LogP contribution in [0.4, 0.5) is 0 Å². The number of hydrogen-bond donors (Lipinski definition) is 1. The van der Waals surface area contributed by atoms with Gasteiger partial charge in [0.1, 0.15) is 6.54 Å². The lowest BCUT2D eigenvalue weighted by Gasteiger charge is -2.14. The Labute approximate surface area is 150 Å². The van der Waals surface area contributed by atoms with Gasteiger partial charge in [0.2, 0.25) is 5.91 Å². The second-order valence-electron chi connectivity index (χ2n) is 6.06. The van der Waals surface area contributed by atoms with Crippen LogP contribution in [-0.4, -0.2) is 16.5 Å². The topological polar surface area (TPSA) is 64.2 Å². The number of carbonyl (C=O) groups excluding carboxylic acids is 1. The summed E-state index contributed by atoms with van der Waals surface area (Å²) in [6.45, 7) is 1.86. The highest BCUT2D eigenvalue weighted by Crippen LogP contribution is 2.18. The van der Waals surface area contributed by atoms with Gasteiger partial charge in [0.05, 0.1) is 5.52 Å². The van der Waals surface area contributed by atoms with Crippen molar-refractivity contribution in [1.82, 2.24) is 9.88 Å². The van der Waals surface area contributed by atoms with E-state index in [0.717, 1.165) is 12.8 Å². The van der Waals surface area contributed by atoms with Gasteiger partial charge in [-0.2, -0.15) is 0 Å². The fraction of sp³-hybridized carbons (Fsp3) is 0.263. The van der Waals surface area contributed by atoms with E-state index in [2.05, 4.69) is 17.4 Å². The zero-order valence-electron chi connectivity index (χ0n) is 13.9. The first-order valence-electron chi connectivity index (χ1n) is 8.15. The number of rotatable bonds is 6. The molecule has 25 heavy (non-hydrogen) atoms. The minimum absolute atomic E-state index is 0.00478. The molecule has 1 aromatic heterocycles. The van der Waals surface area contributed by atoms with Crippen LogP contribution in [0.2, 0.25) is 5.02 Å². The second-order valence-corrected chi connectivity index (χ2v) is 6.50. The first-order chi connectivity index (χ1) is 12.0. The molecule has 3 aromatic rings. The van der Waals surface area contributed by atoms with Gasteiger partial charge in [0, 0.05) is 11.1 Å². The summed E-state index contributed by atoms with van der Waals surface area (Å²) >= 11 is 5.96. The predicted octanol–water partition coefficient (Wildman–Crippen LogP) is 3.39. The number of hydrogen-bond acceptors (Lipinski definition) is 3. The minimum Gasteiger partial charge on any atom is -0.408 e. The molecular weight excluding hydrogens is 340 g/mol. The highest BCUT2D eigenvalue weighted by molar-refractivity contribution is 6.31. The third-order valence-electron chi connectivity index (χ3n) is 4.05. The maximum atomic E-state index is 12.3. The molecule has 0 saturated heterocycles. The normalized spacial score (nSPS) is 12.2. The molecule has 1 amide bonds. The van der Waals surface area contributed by atoms with Gasteiger partial charge in [0.25, 0.3) is 0 Å². The summed E-state index contributed by atoms with van der Waals surface area (Å²) < 4.78 is 6.43. The Morgan fingerprint density at radius 2 is 2.00 bits per heavy atom. The smallest absolute Gasteiger partial charge is 0.408 e. The second kappa shape index (κ2) is 7.57. The molecular formula is C19H19ClN2O3. The Balaban J connectivity index is 1.62. The van der Waals surface area contributed by atoms with E-state index in [9.17, 15) is 9.59 Å². The van der Waals surface area contributed by atoms with E-state index < -0.39 is 5.76 Å². The number of aromatic nitrogens is 1. The lowest BCUT2D eigenvalue weighted by atomic mass is 10.1. The maximum absolute atomic E-state index is 12.3. The highest BCUT2D eigenvalue weighted by atomic mass is 35.5. The lowest BCUT2D eigenvalue weighted by Crippen LogP contribution is -2.37. The van der Waals surface area contributed by atoms with Crippen LogP contribution in [0.1, 0.15) is 18.9 Å². The van der Waals surface area contributed by atoms with Crippen molar-refractivity contribution in [3.8, 4) is 0 Å². The Morgan fingerprint density at radius 1 is 1.24 bits per heavy atom. The van der Waals surface area contributed by atoms with Crippen molar-refractivity contribution in [3.63, 3.8) is 0 Å². The van der Waals surface area contributed by atoms with Gasteiger partial charge in [-0.05, 0) is 43.5 Å². The average Bonchev–Trinajstić information content (AvgIpc) is 2.89. The van der Waals surface area contributed by atoms with Crippen LogP contribution in [0.3, 0.4) is 0 Å². The molecule has 1 heterocycles. The molecule has 1 unspecified atom stereocenters. The van der Waals surface area contributed by atoms with Gasteiger partial charge >= 0.3 is 5.76 Å². The molecule has 0 saturated carbocycles. The first-order valence-corrected chi connectivity index (χ1v) is 8.53. The van der Waals surface area contributed by atoms with E-state index in [0.29, 0.717) is 16.1 Å². The monoisotopic (exact) mass is 358 g/mol. The fourth-order valence-electron chi connectivity index (χ4n) is 2.75. The van der Waals surface area contributed by atoms with Gasteiger partial charge in [-0.3, -0.25) is 9.36 Å². The fourth-order valence-corrected chi connectivity index (χ4v) is 2.92. The SMILES string of the molecule is CC(CCc1ccccc1)NC(=O)Cn1c(=O)oc2ccc(Cl)cc21. The minimum atomic E-state index is -0.565. The summed E-state index contributed by atoms with van der Waals surface area (Å²) in [6.07, 6.45) is 1.70. The van der Waals surface area contributed by atoms with Crippen molar-refractivity contribution in [3.05, 3.63) is 69.7 Å². The Morgan fingerprint density at radius 3 is 2.76 bits per heavy atom. The van der Waals surface area contributed by atoms with E-state index >= 15 is 0 Å². The standard InChI is InChI=1S/C19H19ClN2O3/c1-13(7-8-14-5-3-2-4-6-14)21-18(23)12-22-16-11-15(20)9-10-17(16)25-19(22)24/h2-6,9-11,13H,7-8,12H2,1H3,(H,21,23). The zero-order valence-corrected chi connectivity index (χ0v) is 14.6. The summed E-state index contributed by atoms with van der Waals surface area (Å²) in [5.74, 6) is -0.797. The van der Waals surface area contributed by atoms with Crippen LogP contribution in [0.5, 0.6) is 0 Å². The molecule has 0 aliphatic heterocycles. The van der Waals surface area contributed by atoms with Gasteiger partial charge in [-0.15, -0.1) is 0 Å². The molecule has 6 heteroatoms. The quantitative estimate of drug-likeness (QED) is 0.734. The van der Waals surface area contributed by atoms with Crippen LogP contribution >= 0.6 is 11.6 Å². The van der Waals surface area contributed by atoms with Crippen LogP contribution in [0.25, 0.3) is 11.1 Å². The number of nitrogens with zero attached hydrogens (tertiary/aromatic N) is 1. The third kappa shape index (κ3) is 4.31. The Bertz CT molecular complexity index is 931. The van der Waals surface area contributed by atoms with Crippen molar-refractivity contribution >= 4 is 28.6 Å². The number of aryl methyl sites for hydroxylation is 1. The van der Waals surface area contributed by atoms with E-state index in [-0.39, 0.29) is 18.5 Å². The van der Waals surface area contributed by atoms with E-state index in [4.69, 9.17) is 16.0 Å². The van der Waals surface area contributed by atoms with Crippen molar-refractivity contribution in [2.75, 3.05) is 0 Å². The number of carbonyl (C=O) groups is 1. The Hall–Kier alpha value is -2.53. The summed E-state index contributed by atoms with van der Waals surface area (Å²) in [5.41, 5.74) is 2.17. The van der Waals surface area contributed by atoms with Gasteiger partial charge < -0.3 is 9.73 Å². The number of amides is 1. The van der Waals surface area contributed by atoms with Crippen LogP contribution in [0.15, 0.2) is 57.7 Å². The predicted molar refractivity (Wildman–Crippen MR) is 97.9 cm³/mol. The molecule has 2 aromatic carbocycles. The van der Waals surface area contributed by atoms with Crippen molar-refractivity contribution in [1.29, 1.82) is 0 Å². The molecule has 0 bridgehead atoms. The van der Waals surface area contributed by atoms with E-state index in [1.165, 1.54) is 10.1 Å². The van der Waals surface area contributed by atoms with E-state index in [1.54, 1.807) is 18.2 Å². The molecule has 1 N–H and O–H groups in total. The largest absolute Gasteiger partial charge is 0.420 e. The highest BCUT2D eigenvalue weighted by Gasteiger charge is 2.14. The van der Waals surface area contributed by atoms with Gasteiger partial charge in [-0.1, -0.05) is 41.9 Å². The number of oxazole rings is 1. The summed E-state index contributed by atoms with van der Waals surface area (Å²) in [7, 11) is 0. The summed E-state index contributed by atoms with van der Waals surface area (Å²) in [6, 6.07) is 15.0. The zero-order chi connectivity index (χ0) is 17.8. The van der Waals surface area contributed by atoms with Crippen molar-refractivity contribution < 1.29 is 9.21 Å². The van der Waals surface area contributed by atoms with E-state index in [1.807, 2.05) is 25.1 Å². The molecule has 0 spiro atoms. The maximum Gasteiger partial charge on any atom is 0.420 e. The molecule has 0 fully saturated rings. The Kier molecular flexibility index (Phi) is 5.24. The number of nitrogens with one attached hydrogen (secondary N) is 1. The van der Waals surface area contributed by atoms with Gasteiger partial charge in [-0.25, -0.2) is 4.79 Å². The summed E-state index contributed by atoms with van der Waals surface area (Å²) in [4.78, 5) is 24.2. The van der Waals surface area contributed by atoms with Crippen molar-refractivity contribution in [2.45, 2.75) is 32.4 Å². The third-order valence-corrected chi connectivity index (χ3v) is 4.28.